The summed E-state index contributed by atoms with van der Waals surface area (Å²) < 4.78 is 32.7. The Labute approximate surface area is 271 Å². The number of aldehydes is 1. The summed E-state index contributed by atoms with van der Waals surface area (Å²) in [4.78, 5) is 26.0. The van der Waals surface area contributed by atoms with Crippen LogP contribution in [0.15, 0.2) is 54.6 Å². The first-order chi connectivity index (χ1) is 21.4. The first kappa shape index (κ1) is 37.8. The Morgan fingerprint density at radius 3 is 2.36 bits per heavy atom. The molecule has 4 N–H and O–H groups in total. The van der Waals surface area contributed by atoms with Crippen molar-refractivity contribution in [1.29, 1.82) is 5.41 Å². The second kappa shape index (κ2) is 18.6. The molecule has 3 aromatic rings. The molecule has 4 rings (SSSR count). The lowest BCUT2D eigenvalue weighted by Crippen LogP contribution is -2.48. The van der Waals surface area contributed by atoms with Crippen LogP contribution in [-0.2, 0) is 16.8 Å². The van der Waals surface area contributed by atoms with Gasteiger partial charge in [0.2, 0.25) is 0 Å². The smallest absolute Gasteiger partial charge is 0.282 e. The number of primary amides is 1. The lowest BCUT2D eigenvalue weighted by Gasteiger charge is -2.36. The molecule has 0 bridgehead atoms. The van der Waals surface area contributed by atoms with Crippen LogP contribution in [0.4, 0.5) is 4.79 Å². The van der Waals surface area contributed by atoms with E-state index in [9.17, 15) is 18.0 Å². The van der Waals surface area contributed by atoms with E-state index in [0.717, 1.165) is 58.8 Å². The highest BCUT2D eigenvalue weighted by Gasteiger charge is 2.32. The number of amides is 1. The topological polar surface area (TPSA) is 159 Å². The van der Waals surface area contributed by atoms with Crippen molar-refractivity contribution >= 4 is 49.4 Å². The van der Waals surface area contributed by atoms with Crippen molar-refractivity contribution < 1.29 is 22.7 Å². The average Bonchev–Trinajstić information content (AvgIpc) is 3.03. The second-order valence-corrected chi connectivity index (χ2v) is 13.6. The predicted molar refractivity (Wildman–Crippen MR) is 183 cm³/mol. The fourth-order valence-electron chi connectivity index (χ4n) is 4.93. The van der Waals surface area contributed by atoms with Crippen molar-refractivity contribution in [1.82, 2.24) is 18.9 Å². The van der Waals surface area contributed by atoms with E-state index < -0.39 is 15.4 Å². The number of ether oxygens (including phenoxy) is 1. The molecule has 0 saturated carbocycles. The lowest BCUT2D eigenvalue weighted by atomic mass is 9.88. The Kier molecular flexibility index (Phi) is 15.6. The number of piperidine rings is 1. The highest BCUT2D eigenvalue weighted by molar-refractivity contribution is 8.26. The van der Waals surface area contributed by atoms with Gasteiger partial charge in [0.05, 0.1) is 10.6 Å². The summed E-state index contributed by atoms with van der Waals surface area (Å²) in [6, 6.07) is 17.2. The molecule has 0 aliphatic carbocycles. The van der Waals surface area contributed by atoms with Crippen LogP contribution in [-0.4, -0.2) is 78.9 Å². The third kappa shape index (κ3) is 11.5. The molecule has 13 heteroatoms. The molecule has 11 nitrogen and oxygen atoms in total. The minimum atomic E-state index is -3.36. The molecule has 1 saturated heterocycles. The van der Waals surface area contributed by atoms with Crippen molar-refractivity contribution in [3.63, 3.8) is 0 Å². The molecule has 2 heterocycles. The number of nitrogens with two attached hydrogens (primary N) is 1. The number of aryl methyl sites for hydroxylation is 1. The van der Waals surface area contributed by atoms with Gasteiger partial charge in [0, 0.05) is 61.9 Å². The van der Waals surface area contributed by atoms with Crippen LogP contribution < -0.4 is 15.8 Å². The Morgan fingerprint density at radius 1 is 1.18 bits per heavy atom. The van der Waals surface area contributed by atoms with Gasteiger partial charge in [-0.15, -0.1) is 0 Å². The maximum absolute atomic E-state index is 12.1. The summed E-state index contributed by atoms with van der Waals surface area (Å²) in [6.07, 6.45) is 2.71. The van der Waals surface area contributed by atoms with Crippen molar-refractivity contribution in [3.05, 3.63) is 71.4 Å². The molecular weight excluding hydrogens is 613 g/mol. The number of hydrogen-bond donors (Lipinski definition) is 3. The number of fused-ring (bicyclic) bond motifs is 1. The van der Waals surface area contributed by atoms with E-state index in [1.54, 1.807) is 24.3 Å². The molecule has 1 unspecified atom stereocenters. The maximum atomic E-state index is 12.1. The van der Waals surface area contributed by atoms with E-state index in [-0.39, 0.29) is 17.0 Å². The summed E-state index contributed by atoms with van der Waals surface area (Å²) >= 11 is 0.740. The van der Waals surface area contributed by atoms with E-state index in [1.807, 2.05) is 52.1 Å². The normalized spacial score (nSPS) is 14.5. The molecule has 1 amide bonds. The Bertz CT molecular complexity index is 1510. The number of carbonyl (C=O) groups excluding carboxylic acids is 2. The molecule has 1 atom stereocenters. The number of para-hydroxylation sites is 1. The number of nitrogens with zero attached hydrogens (tertiary/aromatic N) is 3. The Morgan fingerprint density at radius 2 is 1.80 bits per heavy atom. The van der Waals surface area contributed by atoms with Crippen molar-refractivity contribution in [3.8, 4) is 5.75 Å². The van der Waals surface area contributed by atoms with E-state index in [2.05, 4.69) is 16.4 Å². The van der Waals surface area contributed by atoms with Crippen LogP contribution >= 0.6 is 11.8 Å². The zero-order chi connectivity index (χ0) is 33.6. The highest BCUT2D eigenvalue weighted by Crippen LogP contribution is 2.26. The fourth-order valence-corrected chi connectivity index (χ4v) is 6.56. The molecule has 2 aromatic carbocycles. The summed E-state index contributed by atoms with van der Waals surface area (Å²) in [5.41, 5.74) is 8.78. The lowest BCUT2D eigenvalue weighted by molar-refractivity contribution is 0.112. The van der Waals surface area contributed by atoms with Crippen LogP contribution in [0, 0.1) is 18.3 Å². The number of pyridine rings is 1. The molecule has 1 aliphatic rings. The van der Waals surface area contributed by atoms with Crippen LogP contribution in [0.25, 0.3) is 10.9 Å². The number of carbonyl (C=O) groups is 2. The second-order valence-electron chi connectivity index (χ2n) is 10.4. The first-order valence-electron chi connectivity index (χ1n) is 14.9. The SMILES string of the molecule is CC.CNC(CC(=N)SC(N)=O)C1CCN(S(=O)(=O)N(C)C)CC1.Cc1cc(COc2ccc(C=O)cc2)c2ccccc2n1. The van der Waals surface area contributed by atoms with Crippen LogP contribution in [0.5, 0.6) is 5.75 Å². The number of aromatic nitrogens is 1. The van der Waals surface area contributed by atoms with E-state index >= 15 is 0 Å². The number of thioether (sulfide) groups is 1. The molecular formula is C32H46N6O5S2. The van der Waals surface area contributed by atoms with Crippen molar-refractivity contribution in [2.45, 2.75) is 52.7 Å². The minimum Gasteiger partial charge on any atom is -0.489 e. The molecule has 1 aromatic heterocycles. The van der Waals surface area contributed by atoms with E-state index in [4.69, 9.17) is 15.9 Å². The Balaban J connectivity index is 0.000000297. The molecule has 1 aliphatic heterocycles. The average molecular weight is 659 g/mol. The molecule has 0 spiro atoms. The summed E-state index contributed by atoms with van der Waals surface area (Å²) in [5.74, 6) is 1.02. The first-order valence-corrected chi connectivity index (χ1v) is 17.1. The predicted octanol–water partition coefficient (Wildman–Crippen LogP) is 5.23. The highest BCUT2D eigenvalue weighted by atomic mass is 32.2. The van der Waals surface area contributed by atoms with Crippen LogP contribution in [0.2, 0.25) is 0 Å². The Hall–Kier alpha value is -3.36. The fraction of sp³-hybridized carbons (Fsp3) is 0.438. The van der Waals surface area contributed by atoms with Gasteiger partial charge in [-0.2, -0.15) is 17.0 Å². The standard InChI is InChI=1S/C18H15NO2.C12H25N5O3S2.C2H6/c1-13-10-15(17-4-2-3-5-18(17)19-13)12-21-16-8-6-14(11-20)7-9-16;1-15-10(8-11(13)21-12(14)18)9-4-6-17(7-5-9)22(19,20)16(2)3;1-2/h2-11H,12H2,1H3;9-10,13,15H,4-8H2,1-3H3,(H2,14,18);1-2H3. The van der Waals surface area contributed by atoms with E-state index in [1.165, 1.54) is 22.7 Å². The molecule has 0 radical (unpaired) electrons. The van der Waals surface area contributed by atoms with Gasteiger partial charge in [-0.3, -0.25) is 20.0 Å². The maximum Gasteiger partial charge on any atom is 0.282 e. The van der Waals surface area contributed by atoms with Crippen LogP contribution in [0.1, 0.15) is 54.7 Å². The van der Waals surface area contributed by atoms with E-state index in [0.29, 0.717) is 31.7 Å². The van der Waals surface area contributed by atoms with Gasteiger partial charge in [0.15, 0.2) is 0 Å². The minimum absolute atomic E-state index is 0.0450. The third-order valence-electron chi connectivity index (χ3n) is 7.20. The van der Waals surface area contributed by atoms with Gasteiger partial charge in [-0.1, -0.05) is 32.0 Å². The molecule has 45 heavy (non-hydrogen) atoms. The number of hydrogen-bond acceptors (Lipinski definition) is 9. The van der Waals surface area contributed by atoms with Gasteiger partial charge in [0.1, 0.15) is 18.6 Å². The van der Waals surface area contributed by atoms with Crippen molar-refractivity contribution in [2.24, 2.45) is 11.7 Å². The zero-order valence-electron chi connectivity index (χ0n) is 26.9. The molecule has 246 valence electrons. The van der Waals surface area contributed by atoms with Gasteiger partial charge < -0.3 is 15.8 Å². The number of nitrogens with one attached hydrogen (secondary N) is 2. The van der Waals surface area contributed by atoms with Gasteiger partial charge >= 0.3 is 0 Å². The largest absolute Gasteiger partial charge is 0.489 e. The van der Waals surface area contributed by atoms with Gasteiger partial charge in [-0.05, 0) is 80.9 Å². The van der Waals surface area contributed by atoms with Gasteiger partial charge in [0.25, 0.3) is 15.4 Å². The third-order valence-corrected chi connectivity index (χ3v) is 9.75. The summed E-state index contributed by atoms with van der Waals surface area (Å²) in [6.45, 7) is 7.40. The number of rotatable bonds is 10. The molecule has 1 fully saturated rings. The number of benzene rings is 2. The van der Waals surface area contributed by atoms with Gasteiger partial charge in [-0.25, -0.2) is 0 Å². The zero-order valence-corrected chi connectivity index (χ0v) is 28.6. The quantitative estimate of drug-likeness (QED) is 0.152. The van der Waals surface area contributed by atoms with Crippen LogP contribution in [0.3, 0.4) is 0 Å². The monoisotopic (exact) mass is 658 g/mol. The summed E-state index contributed by atoms with van der Waals surface area (Å²) in [7, 11) is 1.52. The summed E-state index contributed by atoms with van der Waals surface area (Å²) in [5, 5.41) is 11.7. The van der Waals surface area contributed by atoms with Crippen molar-refractivity contribution in [2.75, 3.05) is 34.2 Å².